The molecule has 1 fully saturated rings. The molecule has 4 heteroatoms. The number of rotatable bonds is 3. The summed E-state index contributed by atoms with van der Waals surface area (Å²) in [7, 11) is 0. The van der Waals surface area contributed by atoms with E-state index < -0.39 is 12.2 Å². The summed E-state index contributed by atoms with van der Waals surface area (Å²) in [5.41, 5.74) is 0. The first kappa shape index (κ1) is 10.9. The highest BCUT2D eigenvalue weighted by atomic mass is 16.3. The highest BCUT2D eigenvalue weighted by molar-refractivity contribution is 4.99. The molecule has 1 unspecified atom stereocenters. The van der Waals surface area contributed by atoms with Crippen molar-refractivity contribution < 1.29 is 15.3 Å². The fourth-order valence-corrected chi connectivity index (χ4v) is 1.81. The zero-order chi connectivity index (χ0) is 10.0. The topological polar surface area (TPSA) is 72.7 Å². The minimum atomic E-state index is -0.844. The van der Waals surface area contributed by atoms with Crippen molar-refractivity contribution in [3.05, 3.63) is 0 Å². The molecular formula is C9H19NO3. The average Bonchev–Trinajstić information content (AvgIpc) is 2.43. The van der Waals surface area contributed by atoms with Gasteiger partial charge in [-0.1, -0.05) is 20.3 Å². The second-order valence-corrected chi connectivity index (χ2v) is 3.85. The smallest absolute Gasteiger partial charge is 0.0989 e. The van der Waals surface area contributed by atoms with Crippen LogP contribution >= 0.6 is 0 Å². The maximum absolute atomic E-state index is 9.64. The molecule has 78 valence electrons. The van der Waals surface area contributed by atoms with Crippen LogP contribution < -0.4 is 5.32 Å². The lowest BCUT2D eigenvalue weighted by Gasteiger charge is -2.21. The first-order chi connectivity index (χ1) is 6.11. The predicted octanol–water partition coefficient (Wildman–Crippen LogP) is -0.913. The van der Waals surface area contributed by atoms with Gasteiger partial charge in [-0.05, 0) is 5.92 Å². The lowest BCUT2D eigenvalue weighted by molar-refractivity contribution is 0.0135. The van der Waals surface area contributed by atoms with E-state index in [1.54, 1.807) is 0 Å². The van der Waals surface area contributed by atoms with Gasteiger partial charge >= 0.3 is 0 Å². The number of aliphatic hydroxyl groups excluding tert-OH is 3. The Labute approximate surface area is 78.6 Å². The minimum absolute atomic E-state index is 0.0999. The van der Waals surface area contributed by atoms with Crippen LogP contribution in [0.15, 0.2) is 0 Å². The minimum Gasteiger partial charge on any atom is -0.395 e. The summed E-state index contributed by atoms with van der Waals surface area (Å²) < 4.78 is 0. The van der Waals surface area contributed by atoms with Crippen LogP contribution in [0.3, 0.4) is 0 Å². The van der Waals surface area contributed by atoms with Gasteiger partial charge in [-0.15, -0.1) is 0 Å². The molecule has 0 bridgehead atoms. The highest BCUT2D eigenvalue weighted by Crippen LogP contribution is 2.22. The van der Waals surface area contributed by atoms with Gasteiger partial charge in [-0.3, -0.25) is 0 Å². The Hall–Kier alpha value is -0.160. The van der Waals surface area contributed by atoms with Crippen LogP contribution in [0.5, 0.6) is 0 Å². The van der Waals surface area contributed by atoms with Crippen LogP contribution in [-0.4, -0.2) is 46.2 Å². The largest absolute Gasteiger partial charge is 0.395 e. The zero-order valence-corrected chi connectivity index (χ0v) is 8.14. The van der Waals surface area contributed by atoms with Crippen molar-refractivity contribution in [2.24, 2.45) is 5.92 Å². The standard InChI is InChI=1S/C9H19NO3/c1-3-5(2)7-9(13)8(12)6(4-11)10-7/h5-13H,3-4H2,1-2H3/t5?,6-,7-,8-,9-/m0/s1. The van der Waals surface area contributed by atoms with Crippen LogP contribution in [0.4, 0.5) is 0 Å². The molecule has 0 aromatic heterocycles. The first-order valence-electron chi connectivity index (χ1n) is 4.84. The van der Waals surface area contributed by atoms with Gasteiger partial charge in [0.15, 0.2) is 0 Å². The number of hydrogen-bond donors (Lipinski definition) is 4. The monoisotopic (exact) mass is 189 g/mol. The fraction of sp³-hybridized carbons (Fsp3) is 1.00. The quantitative estimate of drug-likeness (QED) is 0.463. The van der Waals surface area contributed by atoms with E-state index in [0.29, 0.717) is 5.92 Å². The summed E-state index contributed by atoms with van der Waals surface area (Å²) in [5, 5.41) is 31.1. The second-order valence-electron chi connectivity index (χ2n) is 3.85. The molecule has 4 N–H and O–H groups in total. The second kappa shape index (κ2) is 4.37. The van der Waals surface area contributed by atoms with Gasteiger partial charge < -0.3 is 20.6 Å². The molecule has 0 amide bonds. The molecule has 0 radical (unpaired) electrons. The fourth-order valence-electron chi connectivity index (χ4n) is 1.81. The molecule has 0 aliphatic carbocycles. The molecule has 1 aliphatic rings. The number of nitrogens with one attached hydrogen (secondary N) is 1. The summed E-state index contributed by atoms with van der Waals surface area (Å²) in [5.74, 6) is 0.307. The molecule has 0 aromatic carbocycles. The Morgan fingerprint density at radius 2 is 1.92 bits per heavy atom. The van der Waals surface area contributed by atoms with Crippen LogP contribution in [0.2, 0.25) is 0 Å². The van der Waals surface area contributed by atoms with Gasteiger partial charge in [-0.25, -0.2) is 0 Å². The Bertz CT molecular complexity index is 165. The first-order valence-corrected chi connectivity index (χ1v) is 4.84. The van der Waals surface area contributed by atoms with E-state index in [0.717, 1.165) is 6.42 Å². The maximum atomic E-state index is 9.64. The van der Waals surface area contributed by atoms with E-state index in [1.807, 2.05) is 13.8 Å². The Morgan fingerprint density at radius 1 is 1.31 bits per heavy atom. The van der Waals surface area contributed by atoms with Crippen molar-refractivity contribution in [1.82, 2.24) is 5.32 Å². The SMILES string of the molecule is CCC(C)[C@@H]1N[C@@H](CO)[C@H](O)[C@H]1O. The Kier molecular flexibility index (Phi) is 3.67. The van der Waals surface area contributed by atoms with Crippen LogP contribution in [0.25, 0.3) is 0 Å². The van der Waals surface area contributed by atoms with Crippen molar-refractivity contribution in [3.8, 4) is 0 Å². The molecular weight excluding hydrogens is 170 g/mol. The molecule has 1 heterocycles. The third-order valence-corrected chi connectivity index (χ3v) is 2.99. The molecule has 5 atom stereocenters. The number of aliphatic hydroxyl groups is 3. The summed E-state index contributed by atoms with van der Waals surface area (Å²) in [6.45, 7) is 3.93. The predicted molar refractivity (Wildman–Crippen MR) is 49.3 cm³/mol. The molecule has 1 saturated heterocycles. The average molecular weight is 189 g/mol. The van der Waals surface area contributed by atoms with E-state index >= 15 is 0 Å². The van der Waals surface area contributed by atoms with Gasteiger partial charge in [0, 0.05) is 6.04 Å². The normalized spacial score (nSPS) is 42.2. The molecule has 1 aliphatic heterocycles. The zero-order valence-electron chi connectivity index (χ0n) is 8.14. The lowest BCUT2D eigenvalue weighted by atomic mass is 9.95. The molecule has 0 saturated carbocycles. The van der Waals surface area contributed by atoms with Crippen LogP contribution in [-0.2, 0) is 0 Å². The highest BCUT2D eigenvalue weighted by Gasteiger charge is 2.42. The Balaban J connectivity index is 2.60. The maximum Gasteiger partial charge on any atom is 0.0989 e. The van der Waals surface area contributed by atoms with E-state index in [-0.39, 0.29) is 18.7 Å². The summed E-state index contributed by atoms with van der Waals surface area (Å²) in [6.07, 6.45) is -0.657. The molecule has 0 spiro atoms. The summed E-state index contributed by atoms with van der Waals surface area (Å²) in [4.78, 5) is 0. The van der Waals surface area contributed by atoms with Gasteiger partial charge in [0.05, 0.1) is 24.9 Å². The van der Waals surface area contributed by atoms with E-state index in [2.05, 4.69) is 5.32 Å². The van der Waals surface area contributed by atoms with Gasteiger partial charge in [0.25, 0.3) is 0 Å². The molecule has 1 rings (SSSR count). The molecule has 0 aromatic rings. The number of hydrogen-bond acceptors (Lipinski definition) is 4. The third-order valence-electron chi connectivity index (χ3n) is 2.99. The van der Waals surface area contributed by atoms with Gasteiger partial charge in [0.2, 0.25) is 0 Å². The van der Waals surface area contributed by atoms with Crippen molar-refractivity contribution in [2.45, 2.75) is 44.6 Å². The van der Waals surface area contributed by atoms with Crippen molar-refractivity contribution in [1.29, 1.82) is 0 Å². The summed E-state index contributed by atoms with van der Waals surface area (Å²) >= 11 is 0. The lowest BCUT2D eigenvalue weighted by Crippen LogP contribution is -2.39. The van der Waals surface area contributed by atoms with E-state index in [1.165, 1.54) is 0 Å². The Morgan fingerprint density at radius 3 is 2.31 bits per heavy atom. The van der Waals surface area contributed by atoms with Crippen molar-refractivity contribution >= 4 is 0 Å². The molecule has 4 nitrogen and oxygen atoms in total. The van der Waals surface area contributed by atoms with Gasteiger partial charge in [0.1, 0.15) is 0 Å². The van der Waals surface area contributed by atoms with Crippen molar-refractivity contribution in [3.63, 3.8) is 0 Å². The van der Waals surface area contributed by atoms with E-state index in [4.69, 9.17) is 5.11 Å². The van der Waals surface area contributed by atoms with Crippen molar-refractivity contribution in [2.75, 3.05) is 6.61 Å². The van der Waals surface area contributed by atoms with Crippen LogP contribution in [0, 0.1) is 5.92 Å². The van der Waals surface area contributed by atoms with Gasteiger partial charge in [-0.2, -0.15) is 0 Å². The molecule has 13 heavy (non-hydrogen) atoms. The van der Waals surface area contributed by atoms with Crippen LogP contribution in [0.1, 0.15) is 20.3 Å². The van der Waals surface area contributed by atoms with E-state index in [9.17, 15) is 10.2 Å². The third kappa shape index (κ3) is 2.02. The summed E-state index contributed by atoms with van der Waals surface area (Å²) in [6, 6.07) is -0.480.